The number of carboxylic acids is 2. The van der Waals surface area contributed by atoms with Crippen LogP contribution in [0.1, 0.15) is 50.5 Å². The molecule has 1 unspecified atom stereocenters. The minimum absolute atomic E-state index is 0.356. The van der Waals surface area contributed by atoms with Crippen LogP contribution in [-0.4, -0.2) is 52.6 Å². The fourth-order valence-corrected chi connectivity index (χ4v) is 3.01. The number of aliphatic hydroxyl groups excluding tert-OH is 1. The largest absolute Gasteiger partial charge is 0.478 e. The van der Waals surface area contributed by atoms with Gasteiger partial charge in [-0.2, -0.15) is 0 Å². The molecule has 1 aliphatic rings. The van der Waals surface area contributed by atoms with Gasteiger partial charge in [0.15, 0.2) is 0 Å². The van der Waals surface area contributed by atoms with Crippen LogP contribution in [-0.2, 0) is 20.9 Å². The first-order chi connectivity index (χ1) is 14.0. The van der Waals surface area contributed by atoms with E-state index >= 15 is 0 Å². The molecule has 4 N–H and O–H groups in total. The zero-order chi connectivity index (χ0) is 21.3. The molecule has 0 amide bonds. The first-order valence-corrected chi connectivity index (χ1v) is 10.2. The molecule has 1 fully saturated rings. The van der Waals surface area contributed by atoms with Gasteiger partial charge in [-0.05, 0) is 18.4 Å². The lowest BCUT2D eigenvalue weighted by Gasteiger charge is -2.22. The highest BCUT2D eigenvalue weighted by molar-refractivity contribution is 5.89. The highest BCUT2D eigenvalue weighted by Crippen LogP contribution is 2.19. The van der Waals surface area contributed by atoms with Crippen molar-refractivity contribution in [1.29, 1.82) is 0 Å². The van der Waals surface area contributed by atoms with E-state index in [0.717, 1.165) is 19.4 Å². The van der Waals surface area contributed by atoms with Crippen LogP contribution < -0.4 is 5.32 Å². The van der Waals surface area contributed by atoms with Crippen LogP contribution in [0, 0.1) is 0 Å². The fourth-order valence-electron chi connectivity index (χ4n) is 3.01. The second-order valence-electron chi connectivity index (χ2n) is 7.08. The van der Waals surface area contributed by atoms with Gasteiger partial charge in [0.25, 0.3) is 0 Å². The Bertz CT molecular complexity index is 581. The Balaban J connectivity index is 0.000000447. The normalized spacial score (nSPS) is 16.3. The molecule has 2 rings (SSSR count). The third-order valence-corrected chi connectivity index (χ3v) is 4.50. The van der Waals surface area contributed by atoms with Gasteiger partial charge in [-0.1, -0.05) is 62.4 Å². The van der Waals surface area contributed by atoms with Crippen molar-refractivity contribution in [3.8, 4) is 0 Å². The van der Waals surface area contributed by atoms with E-state index in [2.05, 4.69) is 17.4 Å². The number of hydrogen-bond donors (Lipinski definition) is 4. The summed E-state index contributed by atoms with van der Waals surface area (Å²) in [4.78, 5) is 19.1. The van der Waals surface area contributed by atoms with Crippen LogP contribution in [0.25, 0.3) is 0 Å². The lowest BCUT2D eigenvalue weighted by Crippen LogP contribution is -2.32. The van der Waals surface area contributed by atoms with Gasteiger partial charge in [-0.15, -0.1) is 0 Å². The zero-order valence-electron chi connectivity index (χ0n) is 16.8. The molecule has 162 valence electrons. The smallest absolute Gasteiger partial charge is 0.328 e. The number of rotatable bonds is 9. The number of aliphatic hydroxyl groups is 1. The molecule has 0 radical (unpaired) electrons. The molecule has 0 aliphatic heterocycles. The third-order valence-electron chi connectivity index (χ3n) is 4.50. The zero-order valence-corrected chi connectivity index (χ0v) is 16.8. The summed E-state index contributed by atoms with van der Waals surface area (Å²) in [5.74, 6) is -2.51. The molecular formula is C22H33NO6. The molecule has 0 saturated heterocycles. The minimum Gasteiger partial charge on any atom is -0.478 e. The van der Waals surface area contributed by atoms with Crippen LogP contribution in [0.3, 0.4) is 0 Å². The van der Waals surface area contributed by atoms with Gasteiger partial charge in [0.1, 0.15) is 0 Å². The van der Waals surface area contributed by atoms with Gasteiger partial charge in [0, 0.05) is 25.2 Å². The summed E-state index contributed by atoms with van der Waals surface area (Å²) in [7, 11) is 0. The second-order valence-corrected chi connectivity index (χ2v) is 7.08. The minimum atomic E-state index is -1.26. The van der Waals surface area contributed by atoms with Gasteiger partial charge < -0.3 is 25.4 Å². The summed E-state index contributed by atoms with van der Waals surface area (Å²) >= 11 is 0. The number of carbonyl (C=O) groups is 2. The Labute approximate surface area is 172 Å². The fraction of sp³-hybridized carbons (Fsp3) is 0.545. The highest BCUT2D eigenvalue weighted by Gasteiger charge is 2.13. The van der Waals surface area contributed by atoms with Crippen LogP contribution in [0.15, 0.2) is 42.5 Å². The third kappa shape index (κ3) is 14.4. The van der Waals surface area contributed by atoms with E-state index in [0.29, 0.717) is 31.4 Å². The first-order valence-electron chi connectivity index (χ1n) is 10.2. The molecule has 29 heavy (non-hydrogen) atoms. The lowest BCUT2D eigenvalue weighted by molar-refractivity contribution is -0.134. The maximum atomic E-state index is 10.00. The molecular weight excluding hydrogens is 374 g/mol. The second kappa shape index (κ2) is 15.7. The standard InChI is InChI=1S/C18H29NO2.C4H4O4/c20-17(14-19-13-16-9-5-4-6-10-16)15-21-18-11-7-2-1-3-8-12-18;5-3(6)1-2-4(7)8/h4-6,9-10,17-20H,1-3,7-8,11-15H2;1-2H,(H,5,6)(H,7,8)/b;2-1+. The van der Waals surface area contributed by atoms with Crippen LogP contribution >= 0.6 is 0 Å². The van der Waals surface area contributed by atoms with Gasteiger partial charge in [0.05, 0.1) is 18.8 Å². The van der Waals surface area contributed by atoms with Gasteiger partial charge in [-0.3, -0.25) is 0 Å². The average molecular weight is 408 g/mol. The van der Waals surface area contributed by atoms with Crippen molar-refractivity contribution in [2.75, 3.05) is 13.2 Å². The monoisotopic (exact) mass is 407 g/mol. The van der Waals surface area contributed by atoms with Crippen molar-refractivity contribution < 1.29 is 29.6 Å². The summed E-state index contributed by atoms with van der Waals surface area (Å²) in [6.07, 6.45) is 9.95. The molecule has 1 atom stereocenters. The molecule has 1 aromatic carbocycles. The maximum absolute atomic E-state index is 10.00. The highest BCUT2D eigenvalue weighted by atomic mass is 16.5. The number of aliphatic carboxylic acids is 2. The van der Waals surface area contributed by atoms with Crippen molar-refractivity contribution in [2.45, 2.75) is 63.7 Å². The van der Waals surface area contributed by atoms with Crippen molar-refractivity contribution in [3.63, 3.8) is 0 Å². The number of ether oxygens (including phenoxy) is 1. The van der Waals surface area contributed by atoms with Gasteiger partial charge in [0.2, 0.25) is 0 Å². The quantitative estimate of drug-likeness (QED) is 0.465. The van der Waals surface area contributed by atoms with E-state index in [4.69, 9.17) is 14.9 Å². The SMILES string of the molecule is O=C(O)/C=C/C(=O)O.OC(CNCc1ccccc1)COC1CCCCCCC1. The van der Waals surface area contributed by atoms with Crippen molar-refractivity contribution in [2.24, 2.45) is 0 Å². The predicted molar refractivity (Wildman–Crippen MR) is 111 cm³/mol. The van der Waals surface area contributed by atoms with E-state index < -0.39 is 18.0 Å². The molecule has 0 spiro atoms. The Morgan fingerprint density at radius 1 is 1.00 bits per heavy atom. The number of carboxylic acid groups (broad SMARTS) is 2. The summed E-state index contributed by atoms with van der Waals surface area (Å²) in [6, 6.07) is 10.3. The van der Waals surface area contributed by atoms with Crippen molar-refractivity contribution in [3.05, 3.63) is 48.0 Å². The topological polar surface area (TPSA) is 116 Å². The molecule has 1 aliphatic carbocycles. The van der Waals surface area contributed by atoms with E-state index in [9.17, 15) is 14.7 Å². The summed E-state index contributed by atoms with van der Waals surface area (Å²) in [6.45, 7) is 1.83. The van der Waals surface area contributed by atoms with E-state index in [1.807, 2.05) is 18.2 Å². The first kappa shape index (κ1) is 24.8. The van der Waals surface area contributed by atoms with Crippen LogP contribution in [0.4, 0.5) is 0 Å². The van der Waals surface area contributed by atoms with Gasteiger partial charge in [-0.25, -0.2) is 9.59 Å². The molecule has 1 aromatic rings. The van der Waals surface area contributed by atoms with Crippen molar-refractivity contribution in [1.82, 2.24) is 5.32 Å². The predicted octanol–water partition coefficient (Wildman–Crippen LogP) is 2.98. The lowest BCUT2D eigenvalue weighted by atomic mass is 9.98. The summed E-state index contributed by atoms with van der Waals surface area (Å²) in [5.41, 5.74) is 1.24. The number of benzene rings is 1. The molecule has 0 heterocycles. The van der Waals surface area contributed by atoms with Gasteiger partial charge >= 0.3 is 11.9 Å². The summed E-state index contributed by atoms with van der Waals surface area (Å²) < 4.78 is 5.89. The van der Waals surface area contributed by atoms with Crippen LogP contribution in [0.5, 0.6) is 0 Å². The Hall–Kier alpha value is -2.22. The van der Waals surface area contributed by atoms with Crippen LogP contribution in [0.2, 0.25) is 0 Å². The average Bonchev–Trinajstić information content (AvgIpc) is 2.67. The molecule has 7 heteroatoms. The maximum Gasteiger partial charge on any atom is 0.328 e. The van der Waals surface area contributed by atoms with E-state index in [-0.39, 0.29) is 0 Å². The Morgan fingerprint density at radius 2 is 1.55 bits per heavy atom. The number of hydrogen-bond acceptors (Lipinski definition) is 5. The molecule has 1 saturated carbocycles. The Morgan fingerprint density at radius 3 is 2.10 bits per heavy atom. The molecule has 7 nitrogen and oxygen atoms in total. The molecule has 0 aromatic heterocycles. The number of nitrogens with one attached hydrogen (secondary N) is 1. The van der Waals surface area contributed by atoms with E-state index in [1.165, 1.54) is 37.7 Å². The molecule has 0 bridgehead atoms. The summed E-state index contributed by atoms with van der Waals surface area (Å²) in [5, 5.41) is 28.9. The van der Waals surface area contributed by atoms with Crippen molar-refractivity contribution >= 4 is 11.9 Å². The Kier molecular flexibility index (Phi) is 13.4. The van der Waals surface area contributed by atoms with E-state index in [1.54, 1.807) is 0 Å².